The van der Waals surface area contributed by atoms with Crippen LogP contribution in [0.4, 0.5) is 26.3 Å². The number of nitrogens with zero attached hydrogens (tertiary/aromatic N) is 4. The summed E-state index contributed by atoms with van der Waals surface area (Å²) in [5.74, 6) is 0.316. The highest BCUT2D eigenvalue weighted by molar-refractivity contribution is 6.12. The normalized spacial score (nSPS) is 11.8. The van der Waals surface area contributed by atoms with Crippen LogP contribution in [0.3, 0.4) is 0 Å². The minimum Gasteiger partial charge on any atom is -0.308 e. The molecule has 10 rings (SSSR count). The van der Waals surface area contributed by atoms with E-state index in [0.717, 1.165) is 17.7 Å². The van der Waals surface area contributed by atoms with E-state index < -0.39 is 23.5 Å². The number of nitriles is 1. The molecular weight excluding hydrogens is 831 g/mol. The van der Waals surface area contributed by atoms with Crippen molar-refractivity contribution >= 4 is 21.8 Å². The Morgan fingerprint density at radius 3 is 1.49 bits per heavy atom. The van der Waals surface area contributed by atoms with Gasteiger partial charge in [0.05, 0.1) is 50.9 Å². The number of hydrogen-bond acceptors (Lipinski definition) is 3. The summed E-state index contributed by atoms with van der Waals surface area (Å²) in [6, 6.07) is 55.7. The molecule has 10 aromatic rings. The van der Waals surface area contributed by atoms with Crippen molar-refractivity contribution in [3.63, 3.8) is 0 Å². The average Bonchev–Trinajstić information content (AvgIpc) is 3.66. The van der Waals surface area contributed by atoms with Gasteiger partial charge in [-0.25, -0.2) is 9.97 Å². The Labute approximate surface area is 369 Å². The Bertz CT molecular complexity index is 3340. The quantitative estimate of drug-likeness (QED) is 0.150. The van der Waals surface area contributed by atoms with Gasteiger partial charge in [0.15, 0.2) is 5.82 Å². The largest absolute Gasteiger partial charge is 0.417 e. The molecule has 4 nitrogen and oxygen atoms in total. The first kappa shape index (κ1) is 40.8. The highest BCUT2D eigenvalue weighted by Gasteiger charge is 2.37. The van der Waals surface area contributed by atoms with Crippen molar-refractivity contribution < 1.29 is 26.3 Å². The van der Waals surface area contributed by atoms with Gasteiger partial charge in [0.2, 0.25) is 0 Å². The second-order valence-corrected chi connectivity index (χ2v) is 15.4. The summed E-state index contributed by atoms with van der Waals surface area (Å²) in [4.78, 5) is 9.86. The van der Waals surface area contributed by atoms with E-state index in [2.05, 4.69) is 6.07 Å². The molecule has 0 unspecified atom stereocenters. The van der Waals surface area contributed by atoms with Crippen LogP contribution in [0.25, 0.3) is 94.8 Å². The molecule has 0 saturated heterocycles. The third-order valence-corrected chi connectivity index (χ3v) is 11.5. The minimum absolute atomic E-state index is 0.0186. The maximum Gasteiger partial charge on any atom is 0.417 e. The van der Waals surface area contributed by atoms with E-state index in [1.54, 1.807) is 53.1 Å². The van der Waals surface area contributed by atoms with E-state index in [1.165, 1.54) is 36.4 Å². The summed E-state index contributed by atoms with van der Waals surface area (Å²) in [7, 11) is 0. The SMILES string of the molecule is N#Cc1ccccc1-c1ccc2c(c1)c1ccccc1n2-c1c(-c2ccccc2C(F)(F)F)cc(-c2cc(-c3ccccc3)nc(-c3ccccc3)n2)cc1-c1ccccc1C(F)(F)F. The molecule has 2 aromatic heterocycles. The monoisotopic (exact) mass is 862 g/mol. The number of fused-ring (bicyclic) bond motifs is 3. The number of hydrogen-bond donors (Lipinski definition) is 0. The van der Waals surface area contributed by atoms with Crippen LogP contribution in [0.15, 0.2) is 194 Å². The van der Waals surface area contributed by atoms with Crippen molar-refractivity contribution in [2.45, 2.75) is 12.4 Å². The molecule has 0 bridgehead atoms. The molecule has 0 aliphatic rings. The number of aromatic nitrogens is 3. The zero-order valence-electron chi connectivity index (χ0n) is 34.0. The Morgan fingerprint density at radius 1 is 0.400 bits per heavy atom. The molecular formula is C55H32F6N4. The summed E-state index contributed by atoms with van der Waals surface area (Å²) < 4.78 is 93.7. The van der Waals surface area contributed by atoms with Gasteiger partial charge < -0.3 is 4.57 Å². The summed E-state index contributed by atoms with van der Waals surface area (Å²) >= 11 is 0. The third-order valence-electron chi connectivity index (χ3n) is 11.5. The number of para-hydroxylation sites is 1. The van der Waals surface area contributed by atoms with E-state index in [-0.39, 0.29) is 39.2 Å². The Morgan fingerprint density at radius 2 is 0.892 bits per heavy atom. The fourth-order valence-corrected chi connectivity index (χ4v) is 8.65. The van der Waals surface area contributed by atoms with Crippen molar-refractivity contribution in [3.05, 3.63) is 211 Å². The Hall–Kier alpha value is -8.29. The maximum absolute atomic E-state index is 15.3. The Kier molecular flexibility index (Phi) is 10.1. The highest BCUT2D eigenvalue weighted by atomic mass is 19.4. The second-order valence-electron chi connectivity index (χ2n) is 15.4. The summed E-state index contributed by atoms with van der Waals surface area (Å²) in [5.41, 5.74) is 3.05. The predicted molar refractivity (Wildman–Crippen MR) is 244 cm³/mol. The minimum atomic E-state index is -4.85. The van der Waals surface area contributed by atoms with Gasteiger partial charge in [-0.05, 0) is 76.9 Å². The van der Waals surface area contributed by atoms with Crippen LogP contribution in [0.2, 0.25) is 0 Å². The fraction of sp³-hybridized carbons (Fsp3) is 0.0364. The van der Waals surface area contributed by atoms with Gasteiger partial charge in [0.25, 0.3) is 0 Å². The van der Waals surface area contributed by atoms with Crippen LogP contribution in [0, 0.1) is 11.3 Å². The van der Waals surface area contributed by atoms with Gasteiger partial charge in [-0.15, -0.1) is 0 Å². The lowest BCUT2D eigenvalue weighted by molar-refractivity contribution is -0.137. The van der Waals surface area contributed by atoms with E-state index in [4.69, 9.17) is 9.97 Å². The lowest BCUT2D eigenvalue weighted by Crippen LogP contribution is -2.11. The van der Waals surface area contributed by atoms with Crippen molar-refractivity contribution in [3.8, 4) is 79.0 Å². The van der Waals surface area contributed by atoms with Crippen molar-refractivity contribution in [2.24, 2.45) is 0 Å². The molecule has 0 amide bonds. The topological polar surface area (TPSA) is 54.5 Å². The van der Waals surface area contributed by atoms with E-state index in [1.807, 2.05) is 97.1 Å². The lowest BCUT2D eigenvalue weighted by Gasteiger charge is -2.24. The first-order chi connectivity index (χ1) is 31.5. The van der Waals surface area contributed by atoms with Gasteiger partial charge in [0.1, 0.15) is 0 Å². The van der Waals surface area contributed by atoms with Gasteiger partial charge >= 0.3 is 12.4 Å². The smallest absolute Gasteiger partial charge is 0.308 e. The molecule has 2 heterocycles. The van der Waals surface area contributed by atoms with Crippen LogP contribution < -0.4 is 0 Å². The van der Waals surface area contributed by atoms with Crippen LogP contribution >= 0.6 is 0 Å². The van der Waals surface area contributed by atoms with Crippen LogP contribution in [0.1, 0.15) is 16.7 Å². The zero-order valence-corrected chi connectivity index (χ0v) is 34.0. The molecule has 0 fully saturated rings. The highest BCUT2D eigenvalue weighted by Crippen LogP contribution is 2.49. The lowest BCUT2D eigenvalue weighted by atomic mass is 9.88. The van der Waals surface area contributed by atoms with Gasteiger partial charge in [-0.3, -0.25) is 0 Å². The third kappa shape index (κ3) is 7.47. The van der Waals surface area contributed by atoms with Crippen molar-refractivity contribution in [1.82, 2.24) is 14.5 Å². The van der Waals surface area contributed by atoms with Crippen LogP contribution in [-0.4, -0.2) is 14.5 Å². The molecule has 0 atom stereocenters. The second kappa shape index (κ2) is 16.1. The molecule has 0 spiro atoms. The molecule has 8 aromatic carbocycles. The molecule has 10 heteroatoms. The standard InChI is InChI=1S/C55H32F6N4/c56-54(57,58)46-24-12-9-21-40(46)44-30-38(49-32-48(34-15-3-1-4-16-34)63-53(64-49)35-17-5-2-6-18-35)31-45(41-22-10-13-25-47(41)55(59,60)61)52(44)65-50-26-14-11-23-42(50)43-29-36(27-28-51(43)65)39-20-8-7-19-37(39)33-62/h1-32H. The van der Waals surface area contributed by atoms with E-state index in [0.29, 0.717) is 55.6 Å². The first-order valence-electron chi connectivity index (χ1n) is 20.5. The maximum atomic E-state index is 15.3. The molecule has 65 heavy (non-hydrogen) atoms. The molecule has 0 saturated carbocycles. The van der Waals surface area contributed by atoms with Crippen molar-refractivity contribution in [2.75, 3.05) is 0 Å². The number of rotatable bonds is 7. The summed E-state index contributed by atoms with van der Waals surface area (Å²) in [5, 5.41) is 11.4. The van der Waals surface area contributed by atoms with E-state index in [9.17, 15) is 5.26 Å². The molecule has 0 aliphatic carbocycles. The molecule has 0 N–H and O–H groups in total. The van der Waals surface area contributed by atoms with E-state index >= 15 is 26.3 Å². The van der Waals surface area contributed by atoms with Gasteiger partial charge in [0, 0.05) is 38.6 Å². The van der Waals surface area contributed by atoms with Gasteiger partial charge in [-0.1, -0.05) is 140 Å². The molecule has 0 radical (unpaired) electrons. The number of halogens is 6. The predicted octanol–water partition coefficient (Wildman–Crippen LogP) is 15.5. The Balaban J connectivity index is 1.38. The summed E-state index contributed by atoms with van der Waals surface area (Å²) in [6.07, 6.45) is -9.71. The van der Waals surface area contributed by atoms with Crippen molar-refractivity contribution in [1.29, 1.82) is 5.26 Å². The number of alkyl halides is 6. The zero-order chi connectivity index (χ0) is 44.9. The van der Waals surface area contributed by atoms with Crippen LogP contribution in [0.5, 0.6) is 0 Å². The average molecular weight is 863 g/mol. The van der Waals surface area contributed by atoms with Gasteiger partial charge in [-0.2, -0.15) is 31.6 Å². The molecule has 314 valence electrons. The molecule has 0 aliphatic heterocycles. The number of benzene rings is 8. The summed E-state index contributed by atoms with van der Waals surface area (Å²) in [6.45, 7) is 0. The van der Waals surface area contributed by atoms with Crippen LogP contribution in [-0.2, 0) is 12.4 Å². The first-order valence-corrected chi connectivity index (χ1v) is 20.5. The fourth-order valence-electron chi connectivity index (χ4n) is 8.65.